The molecule has 0 aliphatic carbocycles. The first-order chi connectivity index (χ1) is 29.3. The highest BCUT2D eigenvalue weighted by Crippen LogP contribution is 2.35. The summed E-state index contributed by atoms with van der Waals surface area (Å²) in [6, 6.07) is -3.28. The van der Waals surface area contributed by atoms with E-state index in [4.69, 9.17) is 42.6 Å². The molecule has 0 aromatic carbocycles. The maximum Gasteiger partial charge on any atom is 0.217 e. The van der Waals surface area contributed by atoms with Crippen molar-refractivity contribution in [2.45, 2.75) is 167 Å². The lowest BCUT2D eigenvalue weighted by Gasteiger charge is -2.50. The van der Waals surface area contributed by atoms with Crippen molar-refractivity contribution in [3.8, 4) is 0 Å². The van der Waals surface area contributed by atoms with Gasteiger partial charge in [0.1, 0.15) is 122 Å². The number of aliphatic hydroxyl groups is 15. The molecule has 17 N–H and O–H groups in total. The second kappa shape index (κ2) is 22.0. The molecule has 25 atom stereocenters. The molecule has 5 aliphatic rings. The predicted molar refractivity (Wildman–Crippen MR) is 190 cm³/mol. The van der Waals surface area contributed by atoms with Crippen molar-refractivity contribution in [3.63, 3.8) is 0 Å². The third-order valence-electron chi connectivity index (χ3n) is 11.1. The Bertz CT molecular complexity index is 1440. The van der Waals surface area contributed by atoms with Crippen LogP contribution in [-0.2, 0) is 52.2 Å². The number of carbonyl (C=O) groups is 2. The molecule has 2 amide bonds. The average Bonchev–Trinajstić information content (AvgIpc) is 3.23. The monoisotopic (exact) mass is 910 g/mol. The standard InChI is InChI=1S/C34H58N2O26/c1-8(41)35-15-27(19(45)12(5-39)55-30(15)53)60-31-16(36-9(2)42)28(20(46)13(6-40)56-31)61-34-26(52)29(62-33-25(51)23(49)18(44)11(4-38)58-33)21(47)14(59-34)7-54-32-24(50)22(48)17(43)10(3-37)57-32/h10-34,37-40,43-53H,3-7H2,1-2H3,(H,35,41)(H,36,42)/t10-,11-,12-,13-,14-,15-,16-,17-,18-,19-,20-,21-,22+,23+,24+,25+,26+,27-,28-,29+,30-,31+,32-,33+,34+/m1/s1. The van der Waals surface area contributed by atoms with Crippen LogP contribution in [0.1, 0.15) is 13.8 Å². The van der Waals surface area contributed by atoms with Gasteiger partial charge in [-0.1, -0.05) is 0 Å². The molecular formula is C34H58N2O26. The number of ether oxygens (including phenoxy) is 9. The molecule has 5 fully saturated rings. The summed E-state index contributed by atoms with van der Waals surface area (Å²) >= 11 is 0. The lowest BCUT2D eigenvalue weighted by Crippen LogP contribution is -2.71. The molecule has 0 bridgehead atoms. The second-order valence-corrected chi connectivity index (χ2v) is 15.5. The molecule has 0 spiro atoms. The lowest BCUT2D eigenvalue weighted by molar-refractivity contribution is -0.382. The molecule has 62 heavy (non-hydrogen) atoms. The Morgan fingerprint density at radius 2 is 0.790 bits per heavy atom. The van der Waals surface area contributed by atoms with Gasteiger partial charge in [-0.15, -0.1) is 0 Å². The summed E-state index contributed by atoms with van der Waals surface area (Å²) < 4.78 is 50.9. The highest BCUT2D eigenvalue weighted by molar-refractivity contribution is 5.73. The molecule has 5 saturated heterocycles. The van der Waals surface area contributed by atoms with E-state index in [0.29, 0.717) is 0 Å². The molecule has 5 aliphatic heterocycles. The number of nitrogens with one attached hydrogen (secondary N) is 2. The summed E-state index contributed by atoms with van der Waals surface area (Å²) in [6.07, 6.45) is -42.8. The molecule has 0 aromatic heterocycles. The number of aliphatic hydroxyl groups excluding tert-OH is 15. The van der Waals surface area contributed by atoms with Gasteiger partial charge in [-0.25, -0.2) is 0 Å². The van der Waals surface area contributed by atoms with E-state index in [-0.39, 0.29) is 0 Å². The number of amides is 2. The summed E-state index contributed by atoms with van der Waals surface area (Å²) in [5, 5.41) is 163. The maximum absolute atomic E-state index is 12.7. The summed E-state index contributed by atoms with van der Waals surface area (Å²) in [4.78, 5) is 24.7. The normalized spacial score (nSPS) is 49.0. The number of hydrogen-bond donors (Lipinski definition) is 17. The third-order valence-corrected chi connectivity index (χ3v) is 11.1. The molecule has 0 unspecified atom stereocenters. The third kappa shape index (κ3) is 11.0. The van der Waals surface area contributed by atoms with Crippen LogP contribution in [0.5, 0.6) is 0 Å². The van der Waals surface area contributed by atoms with Crippen molar-refractivity contribution in [2.24, 2.45) is 0 Å². The van der Waals surface area contributed by atoms with Gasteiger partial charge in [0.25, 0.3) is 0 Å². The van der Waals surface area contributed by atoms with Crippen LogP contribution >= 0.6 is 0 Å². The fourth-order valence-corrected chi connectivity index (χ4v) is 7.72. The van der Waals surface area contributed by atoms with E-state index >= 15 is 0 Å². The van der Waals surface area contributed by atoms with E-state index in [1.54, 1.807) is 0 Å². The first-order valence-electron chi connectivity index (χ1n) is 19.6. The highest BCUT2D eigenvalue weighted by atomic mass is 16.8. The maximum atomic E-state index is 12.7. The quantitative estimate of drug-likeness (QED) is 0.0725. The minimum Gasteiger partial charge on any atom is -0.394 e. The molecule has 28 nitrogen and oxygen atoms in total. The predicted octanol–water partition coefficient (Wildman–Crippen LogP) is -11.6. The topological polar surface area (TPSA) is 445 Å². The summed E-state index contributed by atoms with van der Waals surface area (Å²) in [7, 11) is 0. The Kier molecular flexibility index (Phi) is 18.1. The Balaban J connectivity index is 1.47. The molecule has 5 rings (SSSR count). The zero-order chi connectivity index (χ0) is 45.9. The van der Waals surface area contributed by atoms with Gasteiger partial charge in [0, 0.05) is 13.8 Å². The van der Waals surface area contributed by atoms with E-state index < -0.39 is 198 Å². The number of hydrogen-bond acceptors (Lipinski definition) is 26. The van der Waals surface area contributed by atoms with Gasteiger partial charge in [-0.2, -0.15) is 0 Å². The first-order valence-corrected chi connectivity index (χ1v) is 19.6. The minimum atomic E-state index is -2.22. The first kappa shape index (κ1) is 51.0. The number of carbonyl (C=O) groups excluding carboxylic acids is 2. The van der Waals surface area contributed by atoms with Gasteiger partial charge in [-0.3, -0.25) is 9.59 Å². The van der Waals surface area contributed by atoms with E-state index in [1.165, 1.54) is 0 Å². The van der Waals surface area contributed by atoms with Gasteiger partial charge in [0.05, 0.1) is 33.0 Å². The molecular weight excluding hydrogens is 852 g/mol. The van der Waals surface area contributed by atoms with Crippen LogP contribution in [0.4, 0.5) is 0 Å². The molecule has 0 aromatic rings. The summed E-state index contributed by atoms with van der Waals surface area (Å²) in [5.41, 5.74) is 0. The summed E-state index contributed by atoms with van der Waals surface area (Å²) in [5.74, 6) is -1.56. The van der Waals surface area contributed by atoms with Gasteiger partial charge in [0.15, 0.2) is 31.5 Å². The molecule has 28 heteroatoms. The van der Waals surface area contributed by atoms with Gasteiger partial charge in [-0.05, 0) is 0 Å². The van der Waals surface area contributed by atoms with Gasteiger partial charge >= 0.3 is 0 Å². The van der Waals surface area contributed by atoms with Crippen LogP contribution in [-0.4, -0.2) is 275 Å². The number of rotatable bonds is 15. The second-order valence-electron chi connectivity index (χ2n) is 15.5. The molecule has 360 valence electrons. The average molecular weight is 911 g/mol. The van der Waals surface area contributed by atoms with Crippen molar-refractivity contribution < 1.29 is 129 Å². The van der Waals surface area contributed by atoms with E-state index in [2.05, 4.69) is 10.6 Å². The fourth-order valence-electron chi connectivity index (χ4n) is 7.72. The lowest BCUT2D eigenvalue weighted by atomic mass is 9.93. The van der Waals surface area contributed by atoms with Crippen molar-refractivity contribution in [2.75, 3.05) is 33.0 Å². The van der Waals surface area contributed by atoms with Crippen molar-refractivity contribution in [3.05, 3.63) is 0 Å². The SMILES string of the molecule is CC(=O)N[C@@H]1[C@@H](O[C@@H]2O[C@H](CO)[C@@H](O)[C@H](O[C@@H]3O[C@H](CO[C@@H]4O[C@H](CO)[C@@H](O)[C@H](O)[C@@H]4O)[C@@H](O)[C@H](O[C@@H]4O[C@H](CO)[C@@H](O)[C@H](O)[C@@H]4O)[C@@H]3O)[C@H]2NC(C)=O)[C@H](O)[C@@H](CO)O[C@H]1O. The van der Waals surface area contributed by atoms with Crippen LogP contribution in [0, 0.1) is 0 Å². The highest BCUT2D eigenvalue weighted by Gasteiger charge is 2.56. The van der Waals surface area contributed by atoms with Crippen LogP contribution < -0.4 is 10.6 Å². The smallest absolute Gasteiger partial charge is 0.217 e. The Hall–Kier alpha value is -2.02. The van der Waals surface area contributed by atoms with E-state index in [1.807, 2.05) is 0 Å². The van der Waals surface area contributed by atoms with Crippen molar-refractivity contribution in [1.29, 1.82) is 0 Å². The van der Waals surface area contributed by atoms with Crippen LogP contribution in [0.2, 0.25) is 0 Å². The van der Waals surface area contributed by atoms with Crippen molar-refractivity contribution in [1.82, 2.24) is 10.6 Å². The van der Waals surface area contributed by atoms with Crippen LogP contribution in [0.3, 0.4) is 0 Å². The van der Waals surface area contributed by atoms with Crippen molar-refractivity contribution >= 4 is 11.8 Å². The van der Waals surface area contributed by atoms with Crippen LogP contribution in [0.25, 0.3) is 0 Å². The zero-order valence-corrected chi connectivity index (χ0v) is 33.2. The molecule has 0 radical (unpaired) electrons. The Morgan fingerprint density at radius 3 is 1.32 bits per heavy atom. The molecule has 0 saturated carbocycles. The van der Waals surface area contributed by atoms with Gasteiger partial charge < -0.3 is 130 Å². The Labute approximate surface area is 351 Å². The zero-order valence-electron chi connectivity index (χ0n) is 33.2. The van der Waals surface area contributed by atoms with Crippen LogP contribution in [0.15, 0.2) is 0 Å². The molecule has 5 heterocycles. The fraction of sp³-hybridized carbons (Fsp3) is 0.941. The van der Waals surface area contributed by atoms with E-state index in [9.17, 15) is 86.2 Å². The minimum absolute atomic E-state index is 0.732. The Morgan fingerprint density at radius 1 is 0.419 bits per heavy atom. The summed E-state index contributed by atoms with van der Waals surface area (Å²) in [6.45, 7) is -2.34. The van der Waals surface area contributed by atoms with E-state index in [0.717, 1.165) is 13.8 Å². The largest absolute Gasteiger partial charge is 0.394 e. The van der Waals surface area contributed by atoms with Gasteiger partial charge in [0.2, 0.25) is 11.8 Å².